The standard InChI is InChI=1S/C21H23ClN6O2/c22-18-5-1-15(2-6-18)17-9-10-27(11-17)21(29)16-3-7-20(8-4-16)30-13-19(23)12-28-14-24-25-26-28/h1-8,14,17,19H,9-13,23H2/t17-,19?/m0/s1. The van der Waals surface area contributed by atoms with E-state index in [0.29, 0.717) is 36.9 Å². The number of hydrogen-bond donors (Lipinski definition) is 1. The lowest BCUT2D eigenvalue weighted by Crippen LogP contribution is -2.32. The molecule has 9 heteroatoms. The van der Waals surface area contributed by atoms with E-state index in [0.717, 1.165) is 18.0 Å². The summed E-state index contributed by atoms with van der Waals surface area (Å²) in [5, 5.41) is 11.7. The maximum absolute atomic E-state index is 12.9. The Morgan fingerprint density at radius 2 is 1.97 bits per heavy atom. The highest BCUT2D eigenvalue weighted by molar-refractivity contribution is 6.30. The van der Waals surface area contributed by atoms with Crippen molar-refractivity contribution >= 4 is 17.5 Å². The minimum Gasteiger partial charge on any atom is -0.492 e. The molecule has 0 radical (unpaired) electrons. The first kappa shape index (κ1) is 20.3. The summed E-state index contributed by atoms with van der Waals surface area (Å²) in [7, 11) is 0. The summed E-state index contributed by atoms with van der Waals surface area (Å²) in [6.07, 6.45) is 2.46. The lowest BCUT2D eigenvalue weighted by Gasteiger charge is -2.17. The summed E-state index contributed by atoms with van der Waals surface area (Å²) < 4.78 is 7.28. The van der Waals surface area contributed by atoms with Crippen molar-refractivity contribution in [3.63, 3.8) is 0 Å². The van der Waals surface area contributed by atoms with Crippen LogP contribution in [0.1, 0.15) is 28.3 Å². The molecule has 4 rings (SSSR count). The van der Waals surface area contributed by atoms with Crippen molar-refractivity contribution in [2.45, 2.75) is 24.9 Å². The predicted molar refractivity (Wildman–Crippen MR) is 112 cm³/mol. The highest BCUT2D eigenvalue weighted by Gasteiger charge is 2.27. The lowest BCUT2D eigenvalue weighted by atomic mass is 9.99. The smallest absolute Gasteiger partial charge is 0.253 e. The topological polar surface area (TPSA) is 99.2 Å². The lowest BCUT2D eigenvalue weighted by molar-refractivity contribution is 0.0790. The van der Waals surface area contributed by atoms with Crippen molar-refractivity contribution in [1.29, 1.82) is 0 Å². The van der Waals surface area contributed by atoms with Crippen LogP contribution in [-0.2, 0) is 6.54 Å². The fourth-order valence-corrected chi connectivity index (χ4v) is 3.71. The van der Waals surface area contributed by atoms with Crippen molar-refractivity contribution in [3.8, 4) is 5.75 Å². The van der Waals surface area contributed by atoms with Gasteiger partial charge in [-0.25, -0.2) is 4.68 Å². The van der Waals surface area contributed by atoms with Gasteiger partial charge in [0.25, 0.3) is 5.91 Å². The zero-order valence-electron chi connectivity index (χ0n) is 16.4. The van der Waals surface area contributed by atoms with Gasteiger partial charge in [-0.05, 0) is 58.8 Å². The van der Waals surface area contributed by atoms with Crippen LogP contribution in [0.2, 0.25) is 5.02 Å². The van der Waals surface area contributed by atoms with E-state index in [1.54, 1.807) is 28.9 Å². The summed E-state index contributed by atoms with van der Waals surface area (Å²) in [4.78, 5) is 14.8. The number of rotatable bonds is 7. The van der Waals surface area contributed by atoms with Gasteiger partial charge in [-0.15, -0.1) is 5.10 Å². The van der Waals surface area contributed by atoms with Crippen LogP contribution in [0.5, 0.6) is 5.75 Å². The zero-order chi connectivity index (χ0) is 20.9. The maximum atomic E-state index is 12.9. The molecule has 0 saturated carbocycles. The second-order valence-electron chi connectivity index (χ2n) is 7.42. The largest absolute Gasteiger partial charge is 0.492 e. The molecule has 2 heterocycles. The average molecular weight is 427 g/mol. The molecule has 30 heavy (non-hydrogen) atoms. The van der Waals surface area contributed by atoms with E-state index in [9.17, 15) is 4.79 Å². The van der Waals surface area contributed by atoms with E-state index in [1.807, 2.05) is 29.2 Å². The van der Waals surface area contributed by atoms with E-state index in [2.05, 4.69) is 15.5 Å². The number of nitrogens with two attached hydrogens (primary N) is 1. The Hall–Kier alpha value is -2.97. The summed E-state index contributed by atoms with van der Waals surface area (Å²) in [5.74, 6) is 1.04. The van der Waals surface area contributed by atoms with Gasteiger partial charge in [0.1, 0.15) is 18.7 Å². The van der Waals surface area contributed by atoms with Crippen molar-refractivity contribution < 1.29 is 9.53 Å². The molecule has 0 aliphatic carbocycles. The van der Waals surface area contributed by atoms with Gasteiger partial charge < -0.3 is 15.4 Å². The molecule has 2 N–H and O–H groups in total. The second kappa shape index (κ2) is 9.23. The van der Waals surface area contributed by atoms with Gasteiger partial charge in [-0.3, -0.25) is 4.79 Å². The molecule has 1 amide bonds. The summed E-state index contributed by atoms with van der Waals surface area (Å²) in [6, 6.07) is 14.8. The third-order valence-corrected chi connectivity index (χ3v) is 5.45. The second-order valence-corrected chi connectivity index (χ2v) is 7.85. The van der Waals surface area contributed by atoms with E-state index in [1.165, 1.54) is 11.9 Å². The first-order valence-electron chi connectivity index (χ1n) is 9.82. The number of hydrogen-bond acceptors (Lipinski definition) is 6. The molecule has 1 fully saturated rings. The minimum absolute atomic E-state index is 0.0356. The normalized spacial score (nSPS) is 17.1. The molecule has 0 spiro atoms. The van der Waals surface area contributed by atoms with E-state index < -0.39 is 0 Å². The number of ether oxygens (including phenoxy) is 1. The number of aromatic nitrogens is 4. The maximum Gasteiger partial charge on any atom is 0.253 e. The number of tetrazole rings is 1. The van der Waals surface area contributed by atoms with E-state index >= 15 is 0 Å². The third kappa shape index (κ3) is 4.95. The number of carbonyl (C=O) groups is 1. The number of carbonyl (C=O) groups excluding carboxylic acids is 1. The van der Waals surface area contributed by atoms with Crippen LogP contribution in [0, 0.1) is 0 Å². The molecular weight excluding hydrogens is 404 g/mol. The fourth-order valence-electron chi connectivity index (χ4n) is 3.59. The predicted octanol–water partition coefficient (Wildman–Crippen LogP) is 2.36. The Bertz CT molecular complexity index is 962. The third-order valence-electron chi connectivity index (χ3n) is 5.20. The van der Waals surface area contributed by atoms with Crippen LogP contribution in [0.25, 0.3) is 0 Å². The van der Waals surface area contributed by atoms with E-state index in [-0.39, 0.29) is 11.9 Å². The van der Waals surface area contributed by atoms with Crippen LogP contribution < -0.4 is 10.5 Å². The summed E-state index contributed by atoms with van der Waals surface area (Å²) in [5.41, 5.74) is 7.90. The molecule has 1 unspecified atom stereocenters. The van der Waals surface area contributed by atoms with Crippen molar-refractivity contribution in [3.05, 3.63) is 71.0 Å². The first-order chi connectivity index (χ1) is 14.6. The first-order valence-corrected chi connectivity index (χ1v) is 10.2. The van der Waals surface area contributed by atoms with Crippen LogP contribution in [0.15, 0.2) is 54.9 Å². The van der Waals surface area contributed by atoms with Gasteiger partial charge in [-0.2, -0.15) is 0 Å². The van der Waals surface area contributed by atoms with Gasteiger partial charge in [0.15, 0.2) is 0 Å². The number of amides is 1. The number of nitrogens with zero attached hydrogens (tertiary/aromatic N) is 5. The Labute approximate surface area is 179 Å². The monoisotopic (exact) mass is 426 g/mol. The Morgan fingerprint density at radius 1 is 1.20 bits per heavy atom. The molecule has 1 saturated heterocycles. The summed E-state index contributed by atoms with van der Waals surface area (Å²) >= 11 is 5.97. The zero-order valence-corrected chi connectivity index (χ0v) is 17.2. The molecule has 1 aliphatic heterocycles. The van der Waals surface area contributed by atoms with Gasteiger partial charge in [0, 0.05) is 29.6 Å². The van der Waals surface area contributed by atoms with Gasteiger partial charge >= 0.3 is 0 Å². The van der Waals surface area contributed by atoms with Gasteiger partial charge in [0.2, 0.25) is 0 Å². The van der Waals surface area contributed by atoms with E-state index in [4.69, 9.17) is 22.1 Å². The molecule has 2 aromatic carbocycles. The molecule has 3 aromatic rings. The average Bonchev–Trinajstić information content (AvgIpc) is 3.45. The molecule has 2 atom stereocenters. The van der Waals surface area contributed by atoms with Crippen molar-refractivity contribution in [2.75, 3.05) is 19.7 Å². The van der Waals surface area contributed by atoms with Gasteiger partial charge in [-0.1, -0.05) is 23.7 Å². The number of halogens is 1. The highest BCUT2D eigenvalue weighted by atomic mass is 35.5. The Balaban J connectivity index is 1.29. The van der Waals surface area contributed by atoms with Crippen molar-refractivity contribution in [1.82, 2.24) is 25.1 Å². The molecule has 1 aromatic heterocycles. The van der Waals surface area contributed by atoms with Crippen LogP contribution >= 0.6 is 11.6 Å². The van der Waals surface area contributed by atoms with Crippen LogP contribution in [0.4, 0.5) is 0 Å². The molecule has 156 valence electrons. The minimum atomic E-state index is -0.246. The quantitative estimate of drug-likeness (QED) is 0.622. The fraction of sp³-hybridized carbons (Fsp3) is 0.333. The van der Waals surface area contributed by atoms with Crippen LogP contribution in [0.3, 0.4) is 0 Å². The SMILES string of the molecule is NC(COc1ccc(C(=O)N2CC[C@H](c3ccc(Cl)cc3)C2)cc1)Cn1cnnn1. The molecule has 0 bridgehead atoms. The molecular formula is C21H23ClN6O2. The Morgan fingerprint density at radius 3 is 2.67 bits per heavy atom. The highest BCUT2D eigenvalue weighted by Crippen LogP contribution is 2.29. The Kier molecular flexibility index (Phi) is 6.25. The van der Waals surface area contributed by atoms with Crippen LogP contribution in [-0.4, -0.2) is 56.8 Å². The molecule has 8 nitrogen and oxygen atoms in total. The number of benzene rings is 2. The molecule has 1 aliphatic rings. The summed E-state index contributed by atoms with van der Waals surface area (Å²) in [6.45, 7) is 2.25. The number of likely N-dealkylation sites (tertiary alicyclic amines) is 1. The van der Waals surface area contributed by atoms with Crippen molar-refractivity contribution in [2.24, 2.45) is 5.73 Å². The van der Waals surface area contributed by atoms with Gasteiger partial charge in [0.05, 0.1) is 12.6 Å².